The van der Waals surface area contributed by atoms with Gasteiger partial charge in [0.05, 0.1) is 6.20 Å². The lowest BCUT2D eigenvalue weighted by Crippen LogP contribution is -2.09. The average molecular weight is 259 g/mol. The summed E-state index contributed by atoms with van der Waals surface area (Å²) in [6.07, 6.45) is 3.54. The maximum Gasteiger partial charge on any atom is 0.224 e. The Balaban J connectivity index is 2.50. The molecule has 1 aromatic heterocycles. The minimum Gasteiger partial charge on any atom is -0.385 e. The topological polar surface area (TPSA) is 59.1 Å². The summed E-state index contributed by atoms with van der Waals surface area (Å²) in [5.41, 5.74) is 0. The fourth-order valence-electron chi connectivity index (χ4n) is 1.24. The first kappa shape index (κ1) is 14.0. The van der Waals surface area contributed by atoms with Crippen molar-refractivity contribution in [3.63, 3.8) is 0 Å². The van der Waals surface area contributed by atoms with E-state index < -0.39 is 0 Å². The fraction of sp³-hybridized carbons (Fsp3) is 0.636. The molecule has 0 aliphatic rings. The number of nitrogens with one attached hydrogen (secondary N) is 2. The summed E-state index contributed by atoms with van der Waals surface area (Å²) in [6.45, 7) is 4.44. The van der Waals surface area contributed by atoms with Gasteiger partial charge in [-0.25, -0.2) is 4.98 Å². The number of rotatable bonds is 8. The first-order valence-corrected chi connectivity index (χ1v) is 6.15. The Labute approximate surface area is 107 Å². The lowest BCUT2D eigenvalue weighted by molar-refractivity contribution is 0.198. The third-order valence-corrected chi connectivity index (χ3v) is 2.37. The van der Waals surface area contributed by atoms with Crippen molar-refractivity contribution in [3.8, 4) is 0 Å². The third-order valence-electron chi connectivity index (χ3n) is 2.09. The zero-order valence-electron chi connectivity index (χ0n) is 10.3. The summed E-state index contributed by atoms with van der Waals surface area (Å²) in [7, 11) is 1.68. The van der Waals surface area contributed by atoms with Crippen LogP contribution in [0.4, 0.5) is 11.8 Å². The van der Waals surface area contributed by atoms with E-state index in [-0.39, 0.29) is 0 Å². The van der Waals surface area contributed by atoms with Gasteiger partial charge < -0.3 is 15.4 Å². The Morgan fingerprint density at radius 2 is 2.18 bits per heavy atom. The molecule has 0 bridgehead atoms. The van der Waals surface area contributed by atoms with Gasteiger partial charge >= 0.3 is 0 Å². The summed E-state index contributed by atoms with van der Waals surface area (Å²) in [5.74, 6) is 1.27. The number of hydrogen-bond donors (Lipinski definition) is 2. The molecule has 2 N–H and O–H groups in total. The van der Waals surface area contributed by atoms with Crippen molar-refractivity contribution in [2.75, 3.05) is 37.4 Å². The van der Waals surface area contributed by atoms with Crippen molar-refractivity contribution in [2.24, 2.45) is 0 Å². The van der Waals surface area contributed by atoms with Crippen LogP contribution >= 0.6 is 11.6 Å². The van der Waals surface area contributed by atoms with E-state index in [1.807, 2.05) is 0 Å². The Hall–Kier alpha value is -1.07. The Morgan fingerprint density at radius 3 is 2.88 bits per heavy atom. The van der Waals surface area contributed by atoms with Crippen LogP contribution in [0.1, 0.15) is 19.8 Å². The number of halogens is 1. The maximum absolute atomic E-state index is 6.00. The van der Waals surface area contributed by atoms with Gasteiger partial charge in [0, 0.05) is 26.8 Å². The van der Waals surface area contributed by atoms with Gasteiger partial charge in [0.15, 0.2) is 0 Å². The largest absolute Gasteiger partial charge is 0.385 e. The molecule has 17 heavy (non-hydrogen) atoms. The van der Waals surface area contributed by atoms with Crippen LogP contribution in [0.15, 0.2) is 6.20 Å². The highest BCUT2D eigenvalue weighted by Crippen LogP contribution is 2.19. The highest BCUT2D eigenvalue weighted by molar-refractivity contribution is 6.32. The smallest absolute Gasteiger partial charge is 0.224 e. The zero-order valence-corrected chi connectivity index (χ0v) is 11.0. The molecule has 0 spiro atoms. The Kier molecular flexibility index (Phi) is 6.65. The van der Waals surface area contributed by atoms with Crippen molar-refractivity contribution in [2.45, 2.75) is 19.8 Å². The van der Waals surface area contributed by atoms with E-state index in [1.54, 1.807) is 13.3 Å². The molecule has 1 aromatic rings. The van der Waals surface area contributed by atoms with Gasteiger partial charge in [-0.2, -0.15) is 4.98 Å². The van der Waals surface area contributed by atoms with Gasteiger partial charge in [-0.3, -0.25) is 0 Å². The molecular weight excluding hydrogens is 240 g/mol. The predicted molar refractivity (Wildman–Crippen MR) is 70.8 cm³/mol. The second-order valence-electron chi connectivity index (χ2n) is 3.59. The van der Waals surface area contributed by atoms with Crippen molar-refractivity contribution in [1.82, 2.24) is 9.97 Å². The minimum absolute atomic E-state index is 0.532. The molecular formula is C11H19ClN4O. The lowest BCUT2D eigenvalue weighted by Gasteiger charge is -2.09. The molecule has 0 radical (unpaired) electrons. The van der Waals surface area contributed by atoms with Gasteiger partial charge in [-0.15, -0.1) is 0 Å². The van der Waals surface area contributed by atoms with Crippen LogP contribution in [0, 0.1) is 0 Å². The van der Waals surface area contributed by atoms with E-state index in [0.29, 0.717) is 16.8 Å². The molecule has 0 fully saturated rings. The normalized spacial score (nSPS) is 10.3. The summed E-state index contributed by atoms with van der Waals surface area (Å²) < 4.78 is 4.97. The van der Waals surface area contributed by atoms with Crippen LogP contribution < -0.4 is 10.6 Å². The summed E-state index contributed by atoms with van der Waals surface area (Å²) in [6, 6.07) is 0. The molecule has 5 nitrogen and oxygen atoms in total. The molecule has 96 valence electrons. The molecule has 0 unspecified atom stereocenters. The highest BCUT2D eigenvalue weighted by atomic mass is 35.5. The molecule has 0 saturated heterocycles. The molecule has 0 aliphatic heterocycles. The van der Waals surface area contributed by atoms with Crippen molar-refractivity contribution >= 4 is 23.4 Å². The molecule has 6 heteroatoms. The standard InChI is InChI=1S/C11H19ClN4O/c1-3-5-14-11-15-8-9(12)10(16-11)13-6-4-7-17-2/h8H,3-7H2,1-2H3,(H2,13,14,15,16). The van der Waals surface area contributed by atoms with E-state index in [2.05, 4.69) is 27.5 Å². The predicted octanol–water partition coefficient (Wildman–Crippen LogP) is 2.40. The minimum atomic E-state index is 0.532. The number of hydrogen-bond acceptors (Lipinski definition) is 5. The van der Waals surface area contributed by atoms with Crippen molar-refractivity contribution in [3.05, 3.63) is 11.2 Å². The number of ether oxygens (including phenoxy) is 1. The van der Waals surface area contributed by atoms with Crippen LogP contribution in [0.5, 0.6) is 0 Å². The summed E-state index contributed by atoms with van der Waals surface area (Å²) >= 11 is 6.00. The summed E-state index contributed by atoms with van der Waals surface area (Å²) in [5, 5.41) is 6.81. The lowest BCUT2D eigenvalue weighted by atomic mass is 10.4. The first-order chi connectivity index (χ1) is 8.27. The number of aromatic nitrogens is 2. The van der Waals surface area contributed by atoms with E-state index >= 15 is 0 Å². The van der Waals surface area contributed by atoms with Crippen LogP contribution in [-0.2, 0) is 4.74 Å². The second kappa shape index (κ2) is 8.08. The van der Waals surface area contributed by atoms with Crippen molar-refractivity contribution in [1.29, 1.82) is 0 Å². The Morgan fingerprint density at radius 1 is 1.35 bits per heavy atom. The van der Waals surface area contributed by atoms with E-state index in [4.69, 9.17) is 16.3 Å². The van der Waals surface area contributed by atoms with E-state index in [0.717, 1.165) is 32.5 Å². The quantitative estimate of drug-likeness (QED) is 0.702. The van der Waals surface area contributed by atoms with Gasteiger partial charge in [0.25, 0.3) is 0 Å². The van der Waals surface area contributed by atoms with Crippen LogP contribution in [-0.4, -0.2) is 36.8 Å². The van der Waals surface area contributed by atoms with E-state index in [1.165, 1.54) is 0 Å². The fourth-order valence-corrected chi connectivity index (χ4v) is 1.39. The molecule has 0 amide bonds. The molecule has 0 aliphatic carbocycles. The average Bonchev–Trinajstić information content (AvgIpc) is 2.35. The molecule has 0 saturated carbocycles. The van der Waals surface area contributed by atoms with Gasteiger partial charge in [-0.1, -0.05) is 18.5 Å². The van der Waals surface area contributed by atoms with Crippen molar-refractivity contribution < 1.29 is 4.74 Å². The molecule has 0 atom stereocenters. The number of nitrogens with zero attached hydrogens (tertiary/aromatic N) is 2. The number of methoxy groups -OCH3 is 1. The van der Waals surface area contributed by atoms with Crippen LogP contribution in [0.3, 0.4) is 0 Å². The van der Waals surface area contributed by atoms with Gasteiger partial charge in [0.2, 0.25) is 5.95 Å². The molecule has 1 heterocycles. The maximum atomic E-state index is 6.00. The monoisotopic (exact) mass is 258 g/mol. The van der Waals surface area contributed by atoms with Gasteiger partial charge in [0.1, 0.15) is 10.8 Å². The highest BCUT2D eigenvalue weighted by Gasteiger charge is 2.04. The Bertz CT molecular complexity index is 335. The van der Waals surface area contributed by atoms with Crippen LogP contribution in [0.2, 0.25) is 5.02 Å². The summed E-state index contributed by atoms with van der Waals surface area (Å²) in [4.78, 5) is 8.40. The molecule has 0 aromatic carbocycles. The zero-order chi connectivity index (χ0) is 12.5. The number of anilines is 2. The SMILES string of the molecule is CCCNc1ncc(Cl)c(NCCCOC)n1. The van der Waals surface area contributed by atoms with Crippen LogP contribution in [0.25, 0.3) is 0 Å². The second-order valence-corrected chi connectivity index (χ2v) is 4.00. The first-order valence-electron chi connectivity index (χ1n) is 5.77. The molecule has 1 rings (SSSR count). The van der Waals surface area contributed by atoms with E-state index in [9.17, 15) is 0 Å². The third kappa shape index (κ3) is 5.19. The van der Waals surface area contributed by atoms with Gasteiger partial charge in [-0.05, 0) is 12.8 Å².